The van der Waals surface area contributed by atoms with Crippen molar-refractivity contribution in [3.63, 3.8) is 0 Å². The van der Waals surface area contributed by atoms with E-state index in [1.54, 1.807) is 0 Å². The molecule has 0 aliphatic carbocycles. The van der Waals surface area contributed by atoms with Crippen LogP contribution in [-0.2, 0) is 6.42 Å². The third-order valence-electron chi connectivity index (χ3n) is 1.98. The van der Waals surface area contributed by atoms with E-state index in [-0.39, 0.29) is 0 Å². The zero-order chi connectivity index (χ0) is 10.2. The Morgan fingerprint density at radius 2 is 2.00 bits per heavy atom. The highest BCUT2D eigenvalue weighted by Gasteiger charge is 1.92. The lowest BCUT2D eigenvalue weighted by Gasteiger charge is -2.03. The van der Waals surface area contributed by atoms with E-state index in [1.165, 1.54) is 12.0 Å². The van der Waals surface area contributed by atoms with E-state index in [0.29, 0.717) is 0 Å². The molecule has 14 heavy (non-hydrogen) atoms. The number of aryl methyl sites for hydroxylation is 1. The Morgan fingerprint density at radius 3 is 2.64 bits per heavy atom. The Labute approximate surface area is 94.3 Å². The molecule has 0 saturated carbocycles. The minimum atomic E-state index is 0.856. The largest absolute Gasteiger partial charge is 0.312 e. The summed E-state index contributed by atoms with van der Waals surface area (Å²) < 4.78 is 1.01. The van der Waals surface area contributed by atoms with E-state index in [0.717, 1.165) is 24.0 Å². The molecule has 0 atom stereocenters. The lowest BCUT2D eigenvalue weighted by molar-refractivity contribution is 0.691. The Morgan fingerprint density at radius 1 is 1.29 bits per heavy atom. The van der Waals surface area contributed by atoms with Crippen molar-refractivity contribution in [2.24, 2.45) is 0 Å². The van der Waals surface area contributed by atoms with Gasteiger partial charge in [0, 0.05) is 11.0 Å². The van der Waals surface area contributed by atoms with Crippen LogP contribution in [0.2, 0.25) is 0 Å². The van der Waals surface area contributed by atoms with Crippen molar-refractivity contribution in [2.75, 3.05) is 13.1 Å². The zero-order valence-corrected chi connectivity index (χ0v) is 9.89. The van der Waals surface area contributed by atoms with Gasteiger partial charge in [-0.2, -0.15) is 0 Å². The average Bonchev–Trinajstić information content (AvgIpc) is 2.18. The highest BCUT2D eigenvalue weighted by molar-refractivity contribution is 9.11. The van der Waals surface area contributed by atoms with Gasteiger partial charge in [0.05, 0.1) is 0 Å². The van der Waals surface area contributed by atoms with Gasteiger partial charge in [-0.05, 0) is 24.9 Å². The van der Waals surface area contributed by atoms with Crippen molar-refractivity contribution in [3.05, 3.63) is 47.0 Å². The van der Waals surface area contributed by atoms with Crippen LogP contribution in [0.5, 0.6) is 0 Å². The van der Waals surface area contributed by atoms with Crippen LogP contribution >= 0.6 is 15.9 Å². The van der Waals surface area contributed by atoms with Crippen LogP contribution in [0.1, 0.15) is 12.0 Å². The first-order valence-electron chi connectivity index (χ1n) is 4.87. The molecule has 1 aromatic rings. The Hall–Kier alpha value is -0.600. The molecule has 0 spiro atoms. The molecule has 0 radical (unpaired) electrons. The van der Waals surface area contributed by atoms with Crippen molar-refractivity contribution >= 4 is 15.9 Å². The van der Waals surface area contributed by atoms with Crippen LogP contribution in [0.4, 0.5) is 0 Å². The summed E-state index contributed by atoms with van der Waals surface area (Å²) in [5.41, 5.74) is 1.41. The third-order valence-corrected chi connectivity index (χ3v) is 2.26. The fraction of sp³-hybridized carbons (Fsp3) is 0.333. The van der Waals surface area contributed by atoms with E-state index in [4.69, 9.17) is 0 Å². The standard InChI is InChI=1S/C12H16BrN/c1-11(13)10-14-9-5-8-12-6-3-2-4-7-12/h2-4,6-7,14H,1,5,8-10H2. The summed E-state index contributed by atoms with van der Waals surface area (Å²) >= 11 is 3.31. The van der Waals surface area contributed by atoms with Gasteiger partial charge < -0.3 is 5.32 Å². The summed E-state index contributed by atoms with van der Waals surface area (Å²) in [6.45, 7) is 5.66. The highest BCUT2D eigenvalue weighted by Crippen LogP contribution is 2.02. The number of hydrogen-bond acceptors (Lipinski definition) is 1. The van der Waals surface area contributed by atoms with Gasteiger partial charge in [0.2, 0.25) is 0 Å². The van der Waals surface area contributed by atoms with Gasteiger partial charge in [0.15, 0.2) is 0 Å². The Kier molecular flexibility index (Phi) is 5.57. The molecule has 1 N–H and O–H groups in total. The zero-order valence-electron chi connectivity index (χ0n) is 8.30. The summed E-state index contributed by atoms with van der Waals surface area (Å²) in [7, 11) is 0. The molecule has 1 nitrogen and oxygen atoms in total. The van der Waals surface area contributed by atoms with E-state index in [1.807, 2.05) is 0 Å². The van der Waals surface area contributed by atoms with Crippen molar-refractivity contribution in [1.82, 2.24) is 5.32 Å². The predicted molar refractivity (Wildman–Crippen MR) is 65.7 cm³/mol. The van der Waals surface area contributed by atoms with Crippen LogP contribution in [0, 0.1) is 0 Å². The highest BCUT2D eigenvalue weighted by atomic mass is 79.9. The van der Waals surface area contributed by atoms with Gasteiger partial charge in [-0.1, -0.05) is 52.8 Å². The number of rotatable bonds is 6. The van der Waals surface area contributed by atoms with Gasteiger partial charge in [0.25, 0.3) is 0 Å². The molecule has 0 unspecified atom stereocenters. The first-order valence-corrected chi connectivity index (χ1v) is 5.66. The molecule has 0 aliphatic heterocycles. The SMILES string of the molecule is C=C(Br)CNCCCc1ccccc1. The normalized spacial score (nSPS) is 10.1. The van der Waals surface area contributed by atoms with Gasteiger partial charge in [-0.15, -0.1) is 0 Å². The van der Waals surface area contributed by atoms with Gasteiger partial charge >= 0.3 is 0 Å². The van der Waals surface area contributed by atoms with Crippen molar-refractivity contribution in [1.29, 1.82) is 0 Å². The fourth-order valence-corrected chi connectivity index (χ4v) is 1.48. The number of nitrogens with one attached hydrogen (secondary N) is 1. The van der Waals surface area contributed by atoms with Crippen LogP contribution in [-0.4, -0.2) is 13.1 Å². The van der Waals surface area contributed by atoms with Gasteiger partial charge in [-0.25, -0.2) is 0 Å². The van der Waals surface area contributed by atoms with E-state index in [9.17, 15) is 0 Å². The third kappa shape index (κ3) is 5.20. The number of benzene rings is 1. The first-order chi connectivity index (χ1) is 6.79. The van der Waals surface area contributed by atoms with Crippen LogP contribution in [0.3, 0.4) is 0 Å². The average molecular weight is 254 g/mol. The molecule has 0 aliphatic rings. The predicted octanol–water partition coefficient (Wildman–Crippen LogP) is 3.12. The topological polar surface area (TPSA) is 12.0 Å². The number of hydrogen-bond donors (Lipinski definition) is 1. The molecule has 1 rings (SSSR count). The lowest BCUT2D eigenvalue weighted by Crippen LogP contribution is -2.16. The smallest absolute Gasteiger partial charge is 0.0265 e. The number of halogens is 1. The van der Waals surface area contributed by atoms with Gasteiger partial charge in [-0.3, -0.25) is 0 Å². The molecule has 76 valence electrons. The fourth-order valence-electron chi connectivity index (χ4n) is 1.29. The molecular weight excluding hydrogens is 238 g/mol. The molecule has 0 aromatic heterocycles. The summed E-state index contributed by atoms with van der Waals surface area (Å²) in [4.78, 5) is 0. The second-order valence-electron chi connectivity index (χ2n) is 3.28. The van der Waals surface area contributed by atoms with Crippen molar-refractivity contribution < 1.29 is 0 Å². The second kappa shape index (κ2) is 6.80. The van der Waals surface area contributed by atoms with E-state index < -0.39 is 0 Å². The molecule has 0 heterocycles. The first kappa shape index (κ1) is 11.5. The Bertz CT molecular complexity index is 269. The van der Waals surface area contributed by atoms with Gasteiger partial charge in [0.1, 0.15) is 0 Å². The van der Waals surface area contributed by atoms with Crippen molar-refractivity contribution in [3.8, 4) is 0 Å². The summed E-state index contributed by atoms with van der Waals surface area (Å²) in [6, 6.07) is 10.6. The Balaban J connectivity index is 2.08. The second-order valence-corrected chi connectivity index (χ2v) is 4.40. The summed E-state index contributed by atoms with van der Waals surface area (Å²) in [5.74, 6) is 0. The molecule has 0 saturated heterocycles. The maximum atomic E-state index is 3.77. The maximum absolute atomic E-state index is 3.77. The minimum Gasteiger partial charge on any atom is -0.312 e. The molecule has 0 fully saturated rings. The molecular formula is C12H16BrN. The maximum Gasteiger partial charge on any atom is 0.0265 e. The molecule has 0 amide bonds. The molecule has 2 heteroatoms. The summed E-state index contributed by atoms with van der Waals surface area (Å²) in [6.07, 6.45) is 2.31. The lowest BCUT2D eigenvalue weighted by atomic mass is 10.1. The van der Waals surface area contributed by atoms with Crippen LogP contribution in [0.15, 0.2) is 41.4 Å². The molecule has 0 bridgehead atoms. The van der Waals surface area contributed by atoms with Crippen molar-refractivity contribution in [2.45, 2.75) is 12.8 Å². The minimum absolute atomic E-state index is 0.856. The summed E-state index contributed by atoms with van der Waals surface area (Å²) in [5, 5.41) is 3.31. The molecule has 1 aromatic carbocycles. The van der Waals surface area contributed by atoms with Crippen LogP contribution in [0.25, 0.3) is 0 Å². The monoisotopic (exact) mass is 253 g/mol. The van der Waals surface area contributed by atoms with E-state index in [2.05, 4.69) is 58.2 Å². The quantitative estimate of drug-likeness (QED) is 0.769. The van der Waals surface area contributed by atoms with Crippen LogP contribution < -0.4 is 5.32 Å². The van der Waals surface area contributed by atoms with E-state index >= 15 is 0 Å².